The molecule has 0 saturated heterocycles. The molecule has 0 bridgehead atoms. The maximum Gasteiger partial charge on any atom is 0.316 e. The lowest BCUT2D eigenvalue weighted by Gasteiger charge is -2.17. The van der Waals surface area contributed by atoms with E-state index in [1.807, 2.05) is 0 Å². The number of phenolic OH excluding ortho intramolecular Hbond substituents is 2. The second-order valence-electron chi connectivity index (χ2n) is 4.44. The number of ether oxygens (including phenoxy) is 2. The molecule has 0 aliphatic rings. The van der Waals surface area contributed by atoms with Gasteiger partial charge in [-0.2, -0.15) is 0 Å². The van der Waals surface area contributed by atoms with Crippen molar-refractivity contribution in [2.75, 3.05) is 13.7 Å². The van der Waals surface area contributed by atoms with Gasteiger partial charge in [-0.05, 0) is 18.2 Å². The highest BCUT2D eigenvalue weighted by Gasteiger charge is 2.25. The number of carbonyl (C=O) groups excluding carboxylic acids is 1. The topological polar surface area (TPSA) is 76.0 Å². The van der Waals surface area contributed by atoms with E-state index >= 15 is 0 Å². The number of hydrogen-bond acceptors (Lipinski definition) is 5. The highest BCUT2D eigenvalue weighted by Crippen LogP contribution is 2.28. The molecule has 2 N–H and O–H groups in total. The predicted molar refractivity (Wildman–Crippen MR) is 76.5 cm³/mol. The van der Waals surface area contributed by atoms with Gasteiger partial charge in [0.25, 0.3) is 0 Å². The van der Waals surface area contributed by atoms with Gasteiger partial charge in [0.05, 0.1) is 7.11 Å². The minimum Gasteiger partial charge on any atom is -0.508 e. The standard InChI is InChI=1S/C16H16O5/c1-20-16(19)14(13-7-2-3-8-15(13)18)10-21-12-6-4-5-11(17)9-12/h2-9,14,17-18H,10H2,1H3. The monoisotopic (exact) mass is 288 g/mol. The Labute approximate surface area is 122 Å². The fraction of sp³-hybridized carbons (Fsp3) is 0.188. The molecular weight excluding hydrogens is 272 g/mol. The summed E-state index contributed by atoms with van der Waals surface area (Å²) in [5.41, 5.74) is 0.435. The predicted octanol–water partition coefficient (Wildman–Crippen LogP) is 2.43. The van der Waals surface area contributed by atoms with E-state index in [0.29, 0.717) is 11.3 Å². The highest BCUT2D eigenvalue weighted by molar-refractivity contribution is 5.79. The van der Waals surface area contributed by atoms with Crippen molar-refractivity contribution in [1.29, 1.82) is 0 Å². The molecule has 0 spiro atoms. The molecule has 0 aromatic heterocycles. The second kappa shape index (κ2) is 6.65. The molecule has 5 nitrogen and oxygen atoms in total. The van der Waals surface area contributed by atoms with Crippen LogP contribution < -0.4 is 4.74 Å². The van der Waals surface area contributed by atoms with Crippen molar-refractivity contribution < 1.29 is 24.5 Å². The number of methoxy groups -OCH3 is 1. The van der Waals surface area contributed by atoms with Crippen LogP contribution in [0.1, 0.15) is 11.5 Å². The van der Waals surface area contributed by atoms with E-state index in [2.05, 4.69) is 0 Å². The number of aromatic hydroxyl groups is 2. The molecule has 0 aliphatic carbocycles. The molecule has 2 aromatic carbocycles. The van der Waals surface area contributed by atoms with Crippen LogP contribution in [0.4, 0.5) is 0 Å². The van der Waals surface area contributed by atoms with Crippen LogP contribution in [0.3, 0.4) is 0 Å². The molecule has 0 aliphatic heterocycles. The third-order valence-electron chi connectivity index (χ3n) is 3.03. The van der Waals surface area contributed by atoms with Gasteiger partial charge in [0.1, 0.15) is 29.8 Å². The van der Waals surface area contributed by atoms with Crippen molar-refractivity contribution in [3.63, 3.8) is 0 Å². The van der Waals surface area contributed by atoms with Gasteiger partial charge in [-0.3, -0.25) is 4.79 Å². The van der Waals surface area contributed by atoms with Crippen molar-refractivity contribution in [1.82, 2.24) is 0 Å². The van der Waals surface area contributed by atoms with Crippen LogP contribution in [0, 0.1) is 0 Å². The van der Waals surface area contributed by atoms with E-state index in [9.17, 15) is 15.0 Å². The minimum absolute atomic E-state index is 0.00625. The number of hydrogen-bond donors (Lipinski definition) is 2. The second-order valence-corrected chi connectivity index (χ2v) is 4.44. The summed E-state index contributed by atoms with van der Waals surface area (Å²) >= 11 is 0. The first-order chi connectivity index (χ1) is 10.1. The first-order valence-electron chi connectivity index (χ1n) is 6.39. The molecule has 110 valence electrons. The van der Waals surface area contributed by atoms with Crippen LogP contribution >= 0.6 is 0 Å². The van der Waals surface area contributed by atoms with Crippen LogP contribution in [-0.4, -0.2) is 29.9 Å². The zero-order chi connectivity index (χ0) is 15.2. The number of rotatable bonds is 5. The smallest absolute Gasteiger partial charge is 0.316 e. The number of phenols is 2. The van der Waals surface area contributed by atoms with Crippen molar-refractivity contribution >= 4 is 5.97 Å². The van der Waals surface area contributed by atoms with Crippen LogP contribution in [-0.2, 0) is 9.53 Å². The summed E-state index contributed by atoms with van der Waals surface area (Å²) in [6.07, 6.45) is 0. The first-order valence-corrected chi connectivity index (χ1v) is 6.39. The van der Waals surface area contributed by atoms with Gasteiger partial charge in [0.15, 0.2) is 0 Å². The Morgan fingerprint density at radius 3 is 2.57 bits per heavy atom. The molecule has 2 aromatic rings. The Kier molecular flexibility index (Phi) is 4.66. The lowest BCUT2D eigenvalue weighted by atomic mass is 9.99. The van der Waals surface area contributed by atoms with Crippen molar-refractivity contribution in [2.24, 2.45) is 0 Å². The summed E-state index contributed by atoms with van der Waals surface area (Å²) in [5.74, 6) is -0.744. The van der Waals surface area contributed by atoms with Gasteiger partial charge >= 0.3 is 5.97 Å². The van der Waals surface area contributed by atoms with E-state index in [1.165, 1.54) is 25.3 Å². The molecule has 0 saturated carbocycles. The summed E-state index contributed by atoms with van der Waals surface area (Å²) < 4.78 is 10.3. The SMILES string of the molecule is COC(=O)C(COc1cccc(O)c1)c1ccccc1O. The molecule has 21 heavy (non-hydrogen) atoms. The lowest BCUT2D eigenvalue weighted by molar-refractivity contribution is -0.143. The highest BCUT2D eigenvalue weighted by atomic mass is 16.5. The number of carbonyl (C=O) groups is 1. The van der Waals surface area contributed by atoms with Gasteiger partial charge in [0.2, 0.25) is 0 Å². The zero-order valence-corrected chi connectivity index (χ0v) is 11.5. The number of para-hydroxylation sites is 1. The van der Waals surface area contributed by atoms with Crippen molar-refractivity contribution in [3.05, 3.63) is 54.1 Å². The number of benzene rings is 2. The fourth-order valence-electron chi connectivity index (χ4n) is 1.96. The maximum absolute atomic E-state index is 11.9. The van der Waals surface area contributed by atoms with Crippen molar-refractivity contribution in [2.45, 2.75) is 5.92 Å². The molecule has 1 unspecified atom stereocenters. The molecule has 2 rings (SSSR count). The molecular formula is C16H16O5. The molecule has 0 heterocycles. The zero-order valence-electron chi connectivity index (χ0n) is 11.5. The summed E-state index contributed by atoms with van der Waals surface area (Å²) in [7, 11) is 1.28. The van der Waals surface area contributed by atoms with E-state index < -0.39 is 11.9 Å². The van der Waals surface area contributed by atoms with Crippen LogP contribution in [0.2, 0.25) is 0 Å². The molecule has 0 amide bonds. The van der Waals surface area contributed by atoms with Crippen molar-refractivity contribution in [3.8, 4) is 17.2 Å². The van der Waals surface area contributed by atoms with Crippen LogP contribution in [0.5, 0.6) is 17.2 Å². The maximum atomic E-state index is 11.9. The Bertz CT molecular complexity index is 624. The fourth-order valence-corrected chi connectivity index (χ4v) is 1.96. The Morgan fingerprint density at radius 1 is 1.14 bits per heavy atom. The quantitative estimate of drug-likeness (QED) is 0.826. The molecule has 5 heteroatoms. The largest absolute Gasteiger partial charge is 0.508 e. The molecule has 0 fully saturated rings. The van der Waals surface area contributed by atoms with Crippen LogP contribution in [0.25, 0.3) is 0 Å². The minimum atomic E-state index is -0.751. The average Bonchev–Trinajstić information content (AvgIpc) is 2.49. The summed E-state index contributed by atoms with van der Waals surface area (Å²) in [6, 6.07) is 12.8. The third-order valence-corrected chi connectivity index (χ3v) is 3.03. The van der Waals surface area contributed by atoms with Crippen LogP contribution in [0.15, 0.2) is 48.5 Å². The summed E-state index contributed by atoms with van der Waals surface area (Å²) in [4.78, 5) is 11.9. The van der Waals surface area contributed by atoms with E-state index in [-0.39, 0.29) is 18.1 Å². The van der Waals surface area contributed by atoms with E-state index in [4.69, 9.17) is 9.47 Å². The van der Waals surface area contributed by atoms with E-state index in [1.54, 1.807) is 30.3 Å². The van der Waals surface area contributed by atoms with Gasteiger partial charge in [0, 0.05) is 11.6 Å². The molecule has 1 atom stereocenters. The third kappa shape index (κ3) is 3.66. The Hall–Kier alpha value is -2.69. The van der Waals surface area contributed by atoms with Gasteiger partial charge < -0.3 is 19.7 Å². The number of esters is 1. The summed E-state index contributed by atoms with van der Waals surface area (Å²) in [6.45, 7) is -0.00625. The summed E-state index contributed by atoms with van der Waals surface area (Å²) in [5, 5.41) is 19.2. The Morgan fingerprint density at radius 2 is 1.90 bits per heavy atom. The van der Waals surface area contributed by atoms with E-state index in [0.717, 1.165) is 0 Å². The first kappa shape index (κ1) is 14.7. The molecule has 0 radical (unpaired) electrons. The van der Waals surface area contributed by atoms with Gasteiger partial charge in [-0.25, -0.2) is 0 Å². The Balaban J connectivity index is 2.18. The normalized spacial score (nSPS) is 11.7. The van der Waals surface area contributed by atoms with Gasteiger partial charge in [-0.1, -0.05) is 24.3 Å². The van der Waals surface area contributed by atoms with Gasteiger partial charge in [-0.15, -0.1) is 0 Å². The lowest BCUT2D eigenvalue weighted by Crippen LogP contribution is -2.21. The average molecular weight is 288 g/mol.